The van der Waals surface area contributed by atoms with Crippen LogP contribution in [0, 0.1) is 0 Å². The molecule has 94 valence electrons. The van der Waals surface area contributed by atoms with Crippen molar-refractivity contribution < 1.29 is 14.2 Å². The first-order valence-corrected chi connectivity index (χ1v) is 6.38. The Morgan fingerprint density at radius 1 is 1.41 bits per heavy atom. The van der Waals surface area contributed by atoms with Crippen LogP contribution in [0.1, 0.15) is 12.0 Å². The number of halogens is 1. The van der Waals surface area contributed by atoms with Crippen molar-refractivity contribution >= 4 is 15.9 Å². The number of hydrogen-bond acceptors (Lipinski definition) is 4. The summed E-state index contributed by atoms with van der Waals surface area (Å²) in [6.45, 7) is 2.86. The maximum atomic E-state index is 5.36. The number of rotatable bonds is 6. The van der Waals surface area contributed by atoms with Gasteiger partial charge in [-0.15, -0.1) is 0 Å². The zero-order chi connectivity index (χ0) is 12.1. The van der Waals surface area contributed by atoms with Crippen molar-refractivity contribution in [1.29, 1.82) is 0 Å². The molecule has 1 aliphatic heterocycles. The van der Waals surface area contributed by atoms with E-state index >= 15 is 0 Å². The van der Waals surface area contributed by atoms with Crippen LogP contribution >= 0.6 is 15.9 Å². The van der Waals surface area contributed by atoms with Crippen LogP contribution < -0.4 is 14.8 Å². The van der Waals surface area contributed by atoms with Gasteiger partial charge in [-0.1, -0.05) is 0 Å². The third-order valence-corrected chi connectivity index (χ3v) is 3.11. The second kappa shape index (κ2) is 6.23. The molecule has 0 saturated carbocycles. The maximum absolute atomic E-state index is 5.36. The van der Waals surface area contributed by atoms with Crippen LogP contribution in [-0.4, -0.2) is 27.1 Å². The summed E-state index contributed by atoms with van der Waals surface area (Å²) in [5.74, 6) is 1.61. The first kappa shape index (κ1) is 12.7. The van der Waals surface area contributed by atoms with Gasteiger partial charge in [-0.25, -0.2) is 0 Å². The van der Waals surface area contributed by atoms with Crippen LogP contribution in [0.4, 0.5) is 0 Å². The summed E-state index contributed by atoms with van der Waals surface area (Å²) in [5, 5.41) is 3.36. The van der Waals surface area contributed by atoms with Crippen molar-refractivity contribution in [1.82, 2.24) is 5.32 Å². The summed E-state index contributed by atoms with van der Waals surface area (Å²) in [6, 6.07) is 4.06. The van der Waals surface area contributed by atoms with Gasteiger partial charge in [0.2, 0.25) is 6.79 Å². The van der Waals surface area contributed by atoms with Crippen LogP contribution in [-0.2, 0) is 11.3 Å². The van der Waals surface area contributed by atoms with Gasteiger partial charge in [0.05, 0.1) is 4.47 Å². The summed E-state index contributed by atoms with van der Waals surface area (Å²) in [6.07, 6.45) is 1.02. The molecule has 5 heteroatoms. The largest absolute Gasteiger partial charge is 0.454 e. The topological polar surface area (TPSA) is 39.7 Å². The van der Waals surface area contributed by atoms with E-state index in [2.05, 4.69) is 27.3 Å². The minimum atomic E-state index is 0.304. The Morgan fingerprint density at radius 3 is 3.12 bits per heavy atom. The van der Waals surface area contributed by atoms with Gasteiger partial charge in [0.1, 0.15) is 0 Å². The standard InChI is InChI=1S/C12H16BrNO3/c1-15-4-2-3-14-7-9-5-10(13)12-11(6-9)16-8-17-12/h5-6,14H,2-4,7-8H2,1H3. The van der Waals surface area contributed by atoms with Crippen molar-refractivity contribution in [2.45, 2.75) is 13.0 Å². The summed E-state index contributed by atoms with van der Waals surface area (Å²) >= 11 is 3.48. The second-order valence-corrected chi connectivity index (χ2v) is 4.69. The SMILES string of the molecule is COCCCNCc1cc(Br)c2c(c1)OCO2. The summed E-state index contributed by atoms with van der Waals surface area (Å²) in [5.41, 5.74) is 1.18. The number of benzene rings is 1. The Bertz CT molecular complexity index is 384. The quantitative estimate of drug-likeness (QED) is 0.819. The molecule has 1 N–H and O–H groups in total. The fourth-order valence-electron chi connectivity index (χ4n) is 1.70. The molecular formula is C12H16BrNO3. The fourth-order valence-corrected chi connectivity index (χ4v) is 2.30. The van der Waals surface area contributed by atoms with Gasteiger partial charge in [0.25, 0.3) is 0 Å². The zero-order valence-corrected chi connectivity index (χ0v) is 11.4. The molecule has 0 bridgehead atoms. The molecule has 0 spiro atoms. The Labute approximate surface area is 109 Å². The molecule has 1 heterocycles. The van der Waals surface area contributed by atoms with E-state index in [1.807, 2.05) is 6.07 Å². The number of methoxy groups -OCH3 is 1. The molecule has 1 aromatic carbocycles. The fraction of sp³-hybridized carbons (Fsp3) is 0.500. The minimum absolute atomic E-state index is 0.304. The van der Waals surface area contributed by atoms with E-state index in [1.54, 1.807) is 7.11 Å². The molecule has 17 heavy (non-hydrogen) atoms. The van der Waals surface area contributed by atoms with E-state index in [4.69, 9.17) is 14.2 Å². The van der Waals surface area contributed by atoms with Gasteiger partial charge in [-0.2, -0.15) is 0 Å². The lowest BCUT2D eigenvalue weighted by molar-refractivity contribution is 0.173. The lowest BCUT2D eigenvalue weighted by atomic mass is 10.2. The highest BCUT2D eigenvalue weighted by molar-refractivity contribution is 9.10. The van der Waals surface area contributed by atoms with Crippen LogP contribution in [0.15, 0.2) is 16.6 Å². The highest BCUT2D eigenvalue weighted by Crippen LogP contribution is 2.39. The second-order valence-electron chi connectivity index (χ2n) is 3.83. The Kier molecular flexibility index (Phi) is 4.65. The molecule has 0 unspecified atom stereocenters. The predicted molar refractivity (Wildman–Crippen MR) is 68.5 cm³/mol. The van der Waals surface area contributed by atoms with Gasteiger partial charge in [0, 0.05) is 20.3 Å². The molecule has 1 aliphatic rings. The number of hydrogen-bond donors (Lipinski definition) is 1. The third kappa shape index (κ3) is 3.34. The first-order chi connectivity index (χ1) is 8.31. The molecule has 1 aromatic rings. The minimum Gasteiger partial charge on any atom is -0.454 e. The molecule has 0 radical (unpaired) electrons. The summed E-state index contributed by atoms with van der Waals surface area (Å²) < 4.78 is 16.6. The average Bonchev–Trinajstić information content (AvgIpc) is 2.77. The van der Waals surface area contributed by atoms with Crippen molar-refractivity contribution in [3.63, 3.8) is 0 Å². The molecule has 0 atom stereocenters. The van der Waals surface area contributed by atoms with Gasteiger partial charge in [-0.3, -0.25) is 0 Å². The van der Waals surface area contributed by atoms with E-state index in [1.165, 1.54) is 5.56 Å². The lowest BCUT2D eigenvalue weighted by Gasteiger charge is -2.07. The van der Waals surface area contributed by atoms with Crippen molar-refractivity contribution in [2.24, 2.45) is 0 Å². The summed E-state index contributed by atoms with van der Waals surface area (Å²) in [4.78, 5) is 0. The molecule has 0 saturated heterocycles. The molecule has 0 amide bonds. The monoisotopic (exact) mass is 301 g/mol. The highest BCUT2D eigenvalue weighted by atomic mass is 79.9. The Morgan fingerprint density at radius 2 is 2.29 bits per heavy atom. The first-order valence-electron chi connectivity index (χ1n) is 5.59. The lowest BCUT2D eigenvalue weighted by Crippen LogP contribution is -2.16. The Balaban J connectivity index is 1.87. The van der Waals surface area contributed by atoms with E-state index in [-0.39, 0.29) is 0 Å². The van der Waals surface area contributed by atoms with Gasteiger partial charge < -0.3 is 19.5 Å². The van der Waals surface area contributed by atoms with E-state index < -0.39 is 0 Å². The molecule has 2 rings (SSSR count). The third-order valence-electron chi connectivity index (χ3n) is 2.52. The van der Waals surface area contributed by atoms with Crippen molar-refractivity contribution in [3.8, 4) is 11.5 Å². The number of ether oxygens (including phenoxy) is 3. The van der Waals surface area contributed by atoms with Gasteiger partial charge in [-0.05, 0) is 46.6 Å². The Hall–Kier alpha value is -0.780. The number of nitrogens with one attached hydrogen (secondary N) is 1. The maximum Gasteiger partial charge on any atom is 0.231 e. The van der Waals surface area contributed by atoms with Crippen LogP contribution in [0.2, 0.25) is 0 Å². The highest BCUT2D eigenvalue weighted by Gasteiger charge is 2.17. The summed E-state index contributed by atoms with van der Waals surface area (Å²) in [7, 11) is 1.72. The zero-order valence-electron chi connectivity index (χ0n) is 9.79. The molecular weight excluding hydrogens is 286 g/mol. The normalized spacial score (nSPS) is 13.1. The molecule has 0 aliphatic carbocycles. The molecule has 0 aromatic heterocycles. The van der Waals surface area contributed by atoms with E-state index in [0.29, 0.717) is 6.79 Å². The van der Waals surface area contributed by atoms with Gasteiger partial charge in [0.15, 0.2) is 11.5 Å². The predicted octanol–water partition coefficient (Wildman–Crippen LogP) is 2.30. The number of fused-ring (bicyclic) bond motifs is 1. The van der Waals surface area contributed by atoms with E-state index in [0.717, 1.165) is 42.1 Å². The average molecular weight is 302 g/mol. The molecule has 4 nitrogen and oxygen atoms in total. The van der Waals surface area contributed by atoms with Crippen LogP contribution in [0.5, 0.6) is 11.5 Å². The van der Waals surface area contributed by atoms with Crippen LogP contribution in [0.3, 0.4) is 0 Å². The van der Waals surface area contributed by atoms with Crippen molar-refractivity contribution in [3.05, 3.63) is 22.2 Å². The van der Waals surface area contributed by atoms with Crippen molar-refractivity contribution in [2.75, 3.05) is 27.1 Å². The van der Waals surface area contributed by atoms with Gasteiger partial charge >= 0.3 is 0 Å². The van der Waals surface area contributed by atoms with E-state index in [9.17, 15) is 0 Å². The van der Waals surface area contributed by atoms with Crippen LogP contribution in [0.25, 0.3) is 0 Å². The smallest absolute Gasteiger partial charge is 0.231 e. The molecule has 0 fully saturated rings.